The first kappa shape index (κ1) is 16.3. The van der Waals surface area contributed by atoms with E-state index in [0.717, 1.165) is 12.1 Å². The van der Waals surface area contributed by atoms with E-state index in [0.29, 0.717) is 33.4 Å². The molecule has 8 heteroatoms. The van der Waals surface area contributed by atoms with Gasteiger partial charge >= 0.3 is 6.01 Å². The van der Waals surface area contributed by atoms with Gasteiger partial charge in [0, 0.05) is 18.1 Å². The quantitative estimate of drug-likeness (QED) is 0.557. The van der Waals surface area contributed by atoms with Crippen molar-refractivity contribution in [3.05, 3.63) is 59.8 Å². The van der Waals surface area contributed by atoms with Gasteiger partial charge in [-0.25, -0.2) is 0 Å². The van der Waals surface area contributed by atoms with Crippen molar-refractivity contribution in [3.8, 4) is 23.4 Å². The summed E-state index contributed by atoms with van der Waals surface area (Å²) in [5, 5.41) is 1.14. The highest BCUT2D eigenvalue weighted by molar-refractivity contribution is 6.36. The van der Waals surface area contributed by atoms with Crippen molar-refractivity contribution in [1.82, 2.24) is 24.9 Å². The van der Waals surface area contributed by atoms with Gasteiger partial charge in [-0.1, -0.05) is 18.5 Å². The first-order valence-electron chi connectivity index (χ1n) is 7.98. The molecule has 26 heavy (non-hydrogen) atoms. The Balaban J connectivity index is 1.81. The topological polar surface area (TPSA) is 85.8 Å². The lowest BCUT2D eigenvalue weighted by Gasteiger charge is -2.08. The van der Waals surface area contributed by atoms with Gasteiger partial charge in [0.2, 0.25) is 5.88 Å². The third-order valence-electron chi connectivity index (χ3n) is 3.66. The van der Waals surface area contributed by atoms with Crippen LogP contribution in [0.15, 0.2) is 49.1 Å². The summed E-state index contributed by atoms with van der Waals surface area (Å²) in [4.78, 5) is 20.0. The van der Waals surface area contributed by atoms with Gasteiger partial charge in [-0.05, 0) is 30.7 Å². The fraction of sp³-hybridized carbons (Fsp3) is 0.111. The number of aromatic amines is 1. The molecule has 4 heterocycles. The molecule has 0 amide bonds. The number of nitrogens with zero attached hydrogens (tertiary/aromatic N) is 4. The van der Waals surface area contributed by atoms with Crippen molar-refractivity contribution in [3.63, 3.8) is 0 Å². The Morgan fingerprint density at radius 1 is 1.00 bits per heavy atom. The zero-order valence-electron chi connectivity index (χ0n) is 13.8. The van der Waals surface area contributed by atoms with Crippen molar-refractivity contribution in [1.29, 1.82) is 0 Å². The van der Waals surface area contributed by atoms with E-state index in [1.54, 1.807) is 49.1 Å². The molecule has 0 fully saturated rings. The first-order chi connectivity index (χ1) is 12.7. The molecular formula is C18H14ClN5O2. The van der Waals surface area contributed by atoms with Crippen molar-refractivity contribution in [2.45, 2.75) is 13.3 Å². The van der Waals surface area contributed by atoms with Crippen LogP contribution in [-0.2, 0) is 6.42 Å². The normalized spacial score (nSPS) is 10.8. The predicted molar refractivity (Wildman–Crippen MR) is 96.9 cm³/mol. The molecular weight excluding hydrogens is 354 g/mol. The average Bonchev–Trinajstić information content (AvgIpc) is 2.99. The van der Waals surface area contributed by atoms with Crippen LogP contribution in [0.2, 0.25) is 5.02 Å². The lowest BCUT2D eigenvalue weighted by molar-refractivity contribution is 0.415. The zero-order valence-corrected chi connectivity index (χ0v) is 14.6. The summed E-state index contributed by atoms with van der Waals surface area (Å²) < 4.78 is 11.6. The van der Waals surface area contributed by atoms with Gasteiger partial charge in [0.15, 0.2) is 0 Å². The summed E-state index contributed by atoms with van der Waals surface area (Å²) in [6.45, 7) is 2.00. The minimum absolute atomic E-state index is 0.130. The fourth-order valence-corrected chi connectivity index (χ4v) is 2.80. The van der Waals surface area contributed by atoms with Crippen molar-refractivity contribution in [2.75, 3.05) is 0 Å². The Morgan fingerprint density at radius 3 is 2.31 bits per heavy atom. The minimum Gasteiger partial charge on any atom is -0.436 e. The third-order valence-corrected chi connectivity index (χ3v) is 4.07. The maximum atomic E-state index is 6.48. The van der Waals surface area contributed by atoms with Crippen molar-refractivity contribution < 1.29 is 9.47 Å². The summed E-state index contributed by atoms with van der Waals surface area (Å²) >= 11 is 6.48. The molecule has 0 aromatic carbocycles. The smallest absolute Gasteiger partial charge is 0.327 e. The molecule has 0 aliphatic rings. The molecule has 4 aromatic rings. The van der Waals surface area contributed by atoms with Gasteiger partial charge in [0.05, 0.1) is 17.4 Å². The molecule has 1 N–H and O–H groups in total. The Bertz CT molecular complexity index is 1040. The number of aryl methyl sites for hydroxylation is 1. The van der Waals surface area contributed by atoms with Gasteiger partial charge < -0.3 is 14.5 Å². The summed E-state index contributed by atoms with van der Waals surface area (Å²) in [5.41, 5.74) is 1.39. The number of ether oxygens (including phenoxy) is 2. The maximum Gasteiger partial charge on any atom is 0.327 e. The maximum absolute atomic E-state index is 6.48. The van der Waals surface area contributed by atoms with Gasteiger partial charge in [0.1, 0.15) is 22.5 Å². The lowest BCUT2D eigenvalue weighted by atomic mass is 10.3. The van der Waals surface area contributed by atoms with Crippen LogP contribution in [0.1, 0.15) is 12.6 Å². The van der Waals surface area contributed by atoms with Crippen LogP contribution in [0, 0.1) is 0 Å². The molecule has 0 aliphatic carbocycles. The highest BCUT2D eigenvalue weighted by Gasteiger charge is 2.19. The molecule has 7 nitrogen and oxygen atoms in total. The van der Waals surface area contributed by atoms with E-state index < -0.39 is 0 Å². The highest BCUT2D eigenvalue weighted by Crippen LogP contribution is 2.36. The highest BCUT2D eigenvalue weighted by atomic mass is 35.5. The number of pyridine rings is 2. The molecule has 0 saturated carbocycles. The number of aromatic nitrogens is 5. The van der Waals surface area contributed by atoms with E-state index in [1.165, 1.54) is 0 Å². The molecule has 0 saturated heterocycles. The molecule has 4 rings (SSSR count). The number of fused-ring (bicyclic) bond motifs is 1. The number of hydrogen-bond acceptors (Lipinski definition) is 6. The van der Waals surface area contributed by atoms with E-state index in [1.807, 2.05) is 6.92 Å². The van der Waals surface area contributed by atoms with Crippen LogP contribution in [0.4, 0.5) is 0 Å². The molecule has 0 unspecified atom stereocenters. The third kappa shape index (κ3) is 3.16. The number of rotatable bonds is 5. The largest absolute Gasteiger partial charge is 0.436 e. The summed E-state index contributed by atoms with van der Waals surface area (Å²) in [6.07, 6.45) is 7.22. The van der Waals surface area contributed by atoms with Gasteiger partial charge in [0.25, 0.3) is 0 Å². The van der Waals surface area contributed by atoms with Crippen LogP contribution in [-0.4, -0.2) is 24.9 Å². The van der Waals surface area contributed by atoms with Crippen LogP contribution in [0.3, 0.4) is 0 Å². The Kier molecular flexibility index (Phi) is 4.37. The second-order valence-corrected chi connectivity index (χ2v) is 5.77. The van der Waals surface area contributed by atoms with Crippen LogP contribution in [0.25, 0.3) is 11.0 Å². The van der Waals surface area contributed by atoms with Gasteiger partial charge in [-0.2, -0.15) is 9.97 Å². The van der Waals surface area contributed by atoms with Gasteiger partial charge in [-0.15, -0.1) is 0 Å². The molecule has 0 atom stereocenters. The Morgan fingerprint density at radius 2 is 1.69 bits per heavy atom. The van der Waals surface area contributed by atoms with E-state index in [9.17, 15) is 0 Å². The summed E-state index contributed by atoms with van der Waals surface area (Å²) in [6, 6.07) is 7.22. The molecule has 0 aliphatic heterocycles. The molecule has 4 aromatic heterocycles. The van der Waals surface area contributed by atoms with E-state index in [2.05, 4.69) is 24.9 Å². The van der Waals surface area contributed by atoms with Crippen molar-refractivity contribution in [2.24, 2.45) is 0 Å². The summed E-state index contributed by atoms with van der Waals surface area (Å²) in [5.74, 6) is 1.35. The SMILES string of the molecule is CCc1[nH]c2nc(Oc3cccnc3)nc(Oc3cccnc3)c2c1Cl. The van der Waals surface area contributed by atoms with Crippen LogP contribution >= 0.6 is 11.6 Å². The zero-order chi connectivity index (χ0) is 17.9. The molecule has 0 spiro atoms. The minimum atomic E-state index is 0.130. The van der Waals surface area contributed by atoms with Gasteiger partial charge in [-0.3, -0.25) is 9.97 Å². The first-order valence-corrected chi connectivity index (χ1v) is 8.36. The number of nitrogens with one attached hydrogen (secondary N) is 1. The molecule has 130 valence electrons. The predicted octanol–water partition coefficient (Wildman–Crippen LogP) is 4.55. The van der Waals surface area contributed by atoms with Crippen LogP contribution < -0.4 is 9.47 Å². The lowest BCUT2D eigenvalue weighted by Crippen LogP contribution is -1.96. The summed E-state index contributed by atoms with van der Waals surface area (Å²) in [7, 11) is 0. The average molecular weight is 368 g/mol. The monoisotopic (exact) mass is 367 g/mol. The molecule has 0 radical (unpaired) electrons. The second-order valence-electron chi connectivity index (χ2n) is 5.39. The second kappa shape index (κ2) is 6.97. The van der Waals surface area contributed by atoms with E-state index >= 15 is 0 Å². The number of hydrogen-bond donors (Lipinski definition) is 1. The molecule has 0 bridgehead atoms. The Hall–Kier alpha value is -3.19. The van der Waals surface area contributed by atoms with Crippen LogP contribution in [0.5, 0.6) is 23.4 Å². The van der Waals surface area contributed by atoms with Crippen molar-refractivity contribution >= 4 is 22.6 Å². The standard InChI is InChI=1S/C18H14ClN5O2/c1-2-13-15(19)14-16(22-13)23-18(26-12-6-4-8-21-10-12)24-17(14)25-11-5-3-7-20-9-11/h3-10H,2H2,1H3,(H,22,23,24). The Labute approximate surface area is 154 Å². The number of halogens is 1. The van der Waals surface area contributed by atoms with E-state index in [4.69, 9.17) is 21.1 Å². The van der Waals surface area contributed by atoms with E-state index in [-0.39, 0.29) is 6.01 Å². The number of H-pyrrole nitrogens is 1. The fourth-order valence-electron chi connectivity index (χ4n) is 2.45.